The van der Waals surface area contributed by atoms with Crippen molar-refractivity contribution >= 4 is 34.6 Å². The van der Waals surface area contributed by atoms with Crippen LogP contribution < -0.4 is 15.0 Å². The molecule has 228 valence electrons. The molecular formula is C31H29F3N6O3S. The molecule has 1 saturated heterocycles. The van der Waals surface area contributed by atoms with Gasteiger partial charge in [0.25, 0.3) is 0 Å². The van der Waals surface area contributed by atoms with Crippen LogP contribution in [0.2, 0.25) is 0 Å². The quantitative estimate of drug-likeness (QED) is 0.227. The fourth-order valence-corrected chi connectivity index (χ4v) is 5.49. The van der Waals surface area contributed by atoms with Gasteiger partial charge in [-0.3, -0.25) is 9.69 Å². The standard InChI is InChI=1S/C31H29F3N6O3S/c1-3-22-6-4-5-7-26(22)40-27(41)18-44-30(40)37-29(42)36-20(2)8-9-21-10-12-23(13-11-21)28-35-19-39(38-28)24-14-16-25(17-15-24)43-31(32,33)34/h4-7,10-17,19-20H,3,8-9,18H2,1-2H3,(H,36,42)/b37-30-. The van der Waals surface area contributed by atoms with Gasteiger partial charge in [-0.15, -0.1) is 18.3 Å². The first-order valence-corrected chi connectivity index (χ1v) is 14.9. The summed E-state index contributed by atoms with van der Waals surface area (Å²) in [5.41, 5.74) is 4.13. The molecule has 1 fully saturated rings. The number of amides is 3. The minimum Gasteiger partial charge on any atom is -0.406 e. The molecule has 13 heteroatoms. The van der Waals surface area contributed by atoms with Gasteiger partial charge in [0.1, 0.15) is 12.1 Å². The molecule has 0 radical (unpaired) electrons. The molecule has 5 rings (SSSR count). The van der Waals surface area contributed by atoms with Crippen molar-refractivity contribution in [1.29, 1.82) is 0 Å². The second-order valence-electron chi connectivity index (χ2n) is 10.0. The van der Waals surface area contributed by atoms with Gasteiger partial charge < -0.3 is 10.1 Å². The van der Waals surface area contributed by atoms with Gasteiger partial charge in [0.05, 0.1) is 17.1 Å². The number of aryl methyl sites for hydroxylation is 2. The Hall–Kier alpha value is -4.65. The number of hydrogen-bond donors (Lipinski definition) is 1. The molecule has 1 aliphatic rings. The van der Waals surface area contributed by atoms with Crippen LogP contribution in [-0.2, 0) is 17.6 Å². The highest BCUT2D eigenvalue weighted by Crippen LogP contribution is 2.30. The number of alkyl halides is 3. The predicted octanol–water partition coefficient (Wildman–Crippen LogP) is 6.56. The van der Waals surface area contributed by atoms with E-state index in [-0.39, 0.29) is 23.5 Å². The van der Waals surface area contributed by atoms with Crippen LogP contribution in [0.5, 0.6) is 5.75 Å². The van der Waals surface area contributed by atoms with Gasteiger partial charge >= 0.3 is 12.4 Å². The number of aromatic nitrogens is 3. The molecule has 1 N–H and O–H groups in total. The predicted molar refractivity (Wildman–Crippen MR) is 163 cm³/mol. The monoisotopic (exact) mass is 622 g/mol. The van der Waals surface area contributed by atoms with E-state index >= 15 is 0 Å². The Bertz CT molecular complexity index is 1660. The lowest BCUT2D eigenvalue weighted by Crippen LogP contribution is -2.34. The van der Waals surface area contributed by atoms with E-state index in [2.05, 4.69) is 25.1 Å². The Morgan fingerprint density at radius 2 is 1.82 bits per heavy atom. The molecule has 0 spiro atoms. The van der Waals surface area contributed by atoms with E-state index in [0.717, 1.165) is 28.8 Å². The largest absolute Gasteiger partial charge is 0.573 e. The first kappa shape index (κ1) is 30.8. The van der Waals surface area contributed by atoms with E-state index < -0.39 is 12.4 Å². The maximum absolute atomic E-state index is 12.7. The summed E-state index contributed by atoms with van der Waals surface area (Å²) < 4.78 is 42.6. The minimum absolute atomic E-state index is 0.102. The van der Waals surface area contributed by atoms with Gasteiger partial charge in [0.2, 0.25) is 5.91 Å². The van der Waals surface area contributed by atoms with Crippen molar-refractivity contribution in [2.24, 2.45) is 4.99 Å². The molecule has 1 atom stereocenters. The van der Waals surface area contributed by atoms with Gasteiger partial charge in [0, 0.05) is 11.6 Å². The lowest BCUT2D eigenvalue weighted by Gasteiger charge is -2.19. The van der Waals surface area contributed by atoms with E-state index in [1.54, 1.807) is 0 Å². The second kappa shape index (κ2) is 13.3. The number of ether oxygens (including phenoxy) is 1. The zero-order chi connectivity index (χ0) is 31.3. The number of benzene rings is 3. The van der Waals surface area contributed by atoms with Crippen LogP contribution in [0.1, 0.15) is 31.4 Å². The number of para-hydroxylation sites is 1. The molecule has 1 unspecified atom stereocenters. The molecular weight excluding hydrogens is 593 g/mol. The van der Waals surface area contributed by atoms with Gasteiger partial charge in [-0.2, -0.15) is 4.99 Å². The molecule has 0 aliphatic carbocycles. The Kier molecular flexibility index (Phi) is 9.33. The van der Waals surface area contributed by atoms with Crippen molar-refractivity contribution in [3.05, 3.63) is 90.3 Å². The first-order valence-electron chi connectivity index (χ1n) is 13.9. The highest BCUT2D eigenvalue weighted by Gasteiger charge is 2.32. The van der Waals surface area contributed by atoms with Crippen LogP contribution in [0.4, 0.5) is 23.7 Å². The minimum atomic E-state index is -4.75. The zero-order valence-electron chi connectivity index (χ0n) is 23.9. The third-order valence-corrected chi connectivity index (χ3v) is 7.77. The van der Waals surface area contributed by atoms with E-state index in [9.17, 15) is 22.8 Å². The van der Waals surface area contributed by atoms with Gasteiger partial charge in [-0.05, 0) is 67.6 Å². The highest BCUT2D eigenvalue weighted by molar-refractivity contribution is 8.15. The summed E-state index contributed by atoms with van der Waals surface area (Å²) in [5, 5.41) is 7.70. The fourth-order valence-electron chi connectivity index (χ4n) is 4.64. The van der Waals surface area contributed by atoms with Crippen molar-refractivity contribution in [3.63, 3.8) is 0 Å². The van der Waals surface area contributed by atoms with Gasteiger partial charge in [-0.25, -0.2) is 14.5 Å². The number of hydrogen-bond acceptors (Lipinski definition) is 6. The van der Waals surface area contributed by atoms with Crippen molar-refractivity contribution in [1.82, 2.24) is 20.1 Å². The van der Waals surface area contributed by atoms with Crippen LogP contribution in [-0.4, -0.2) is 50.0 Å². The molecule has 0 bridgehead atoms. The van der Waals surface area contributed by atoms with Crippen molar-refractivity contribution in [2.45, 2.75) is 45.5 Å². The van der Waals surface area contributed by atoms with Gasteiger partial charge in [-0.1, -0.05) is 61.2 Å². The summed E-state index contributed by atoms with van der Waals surface area (Å²) in [4.78, 5) is 35.4. The number of carbonyl (C=O) groups is 2. The number of halogens is 3. The van der Waals surface area contributed by atoms with Crippen LogP contribution in [0.15, 0.2) is 84.1 Å². The van der Waals surface area contributed by atoms with E-state index in [4.69, 9.17) is 0 Å². The van der Waals surface area contributed by atoms with E-state index in [1.807, 2.05) is 62.4 Å². The normalized spacial score (nSPS) is 15.1. The molecule has 9 nitrogen and oxygen atoms in total. The maximum atomic E-state index is 12.7. The fraction of sp³-hybridized carbons (Fsp3) is 0.258. The second-order valence-corrected chi connectivity index (χ2v) is 11.0. The van der Waals surface area contributed by atoms with Crippen molar-refractivity contribution < 1.29 is 27.5 Å². The Morgan fingerprint density at radius 3 is 2.52 bits per heavy atom. The van der Waals surface area contributed by atoms with E-state index in [0.29, 0.717) is 29.5 Å². The summed E-state index contributed by atoms with van der Waals surface area (Å²) in [7, 11) is 0. The highest BCUT2D eigenvalue weighted by atomic mass is 32.2. The zero-order valence-corrected chi connectivity index (χ0v) is 24.7. The smallest absolute Gasteiger partial charge is 0.406 e. The number of aliphatic imine (C=N–C) groups is 1. The number of urea groups is 1. The van der Waals surface area contributed by atoms with Crippen LogP contribution in [0.25, 0.3) is 17.1 Å². The number of rotatable bonds is 9. The lowest BCUT2D eigenvalue weighted by atomic mass is 10.0. The van der Waals surface area contributed by atoms with Crippen LogP contribution in [0.3, 0.4) is 0 Å². The third-order valence-electron chi connectivity index (χ3n) is 6.85. The molecule has 44 heavy (non-hydrogen) atoms. The molecule has 1 aliphatic heterocycles. The first-order chi connectivity index (χ1) is 21.1. The summed E-state index contributed by atoms with van der Waals surface area (Å²) in [6, 6.07) is 20.0. The van der Waals surface area contributed by atoms with E-state index in [1.165, 1.54) is 51.9 Å². The summed E-state index contributed by atoms with van der Waals surface area (Å²) >= 11 is 1.25. The molecule has 3 aromatic carbocycles. The molecule has 2 heterocycles. The maximum Gasteiger partial charge on any atom is 0.573 e. The van der Waals surface area contributed by atoms with Crippen molar-refractivity contribution in [3.8, 4) is 22.8 Å². The number of carbonyl (C=O) groups excluding carboxylic acids is 2. The SMILES string of the molecule is CCc1ccccc1N1C(=O)CS/C1=N\C(=O)NC(C)CCc1ccc(-c2ncn(-c3ccc(OC(F)(F)F)cc3)n2)cc1. The molecule has 0 saturated carbocycles. The van der Waals surface area contributed by atoms with Crippen LogP contribution >= 0.6 is 11.8 Å². The van der Waals surface area contributed by atoms with Crippen LogP contribution in [0, 0.1) is 0 Å². The molecule has 1 aromatic heterocycles. The molecule has 4 aromatic rings. The summed E-state index contributed by atoms with van der Waals surface area (Å²) in [5.74, 6) is 0.281. The third kappa shape index (κ3) is 7.64. The average molecular weight is 623 g/mol. The Labute approximate surface area is 256 Å². The lowest BCUT2D eigenvalue weighted by molar-refractivity contribution is -0.274. The van der Waals surface area contributed by atoms with Gasteiger partial charge in [0.15, 0.2) is 11.0 Å². The number of anilines is 1. The van der Waals surface area contributed by atoms with Crippen molar-refractivity contribution in [2.75, 3.05) is 10.7 Å². The number of amidine groups is 1. The average Bonchev–Trinajstić information content (AvgIpc) is 3.63. The Morgan fingerprint density at radius 1 is 1.09 bits per heavy atom. The number of nitrogens with one attached hydrogen (secondary N) is 1. The summed E-state index contributed by atoms with van der Waals surface area (Å²) in [6.45, 7) is 3.92. The number of nitrogens with zero attached hydrogens (tertiary/aromatic N) is 5. The topological polar surface area (TPSA) is 102 Å². The summed E-state index contributed by atoms with van der Waals surface area (Å²) in [6.07, 6.45) is -1.14. The number of thioether (sulfide) groups is 1. The molecule has 3 amide bonds. The Balaban J connectivity index is 1.15.